The van der Waals surface area contributed by atoms with Crippen molar-refractivity contribution in [3.05, 3.63) is 83.1 Å². The largest absolute Gasteiger partial charge is 0.445 e. The molecule has 5 nitrogen and oxygen atoms in total. The van der Waals surface area contributed by atoms with E-state index in [2.05, 4.69) is 17.1 Å². The molecule has 1 aromatic heterocycles. The maximum absolute atomic E-state index is 13.3. The van der Waals surface area contributed by atoms with E-state index in [1.54, 1.807) is 6.08 Å². The molecule has 6 rings (SSSR count). The van der Waals surface area contributed by atoms with Crippen molar-refractivity contribution in [1.82, 2.24) is 9.88 Å². The van der Waals surface area contributed by atoms with Crippen molar-refractivity contribution >= 4 is 22.8 Å². The van der Waals surface area contributed by atoms with Crippen LogP contribution in [0, 0.1) is 5.92 Å². The molecule has 1 fully saturated rings. The Bertz CT molecular complexity index is 1190. The minimum Gasteiger partial charge on any atom is -0.445 e. The molecule has 5 heteroatoms. The van der Waals surface area contributed by atoms with Gasteiger partial charge in [-0.2, -0.15) is 0 Å². The Balaban J connectivity index is 1.39. The Morgan fingerprint density at radius 2 is 1.83 bits per heavy atom. The minimum atomic E-state index is -0.308. The number of nitrogens with one attached hydrogen (secondary N) is 1. The van der Waals surface area contributed by atoms with Crippen LogP contribution in [0.2, 0.25) is 0 Å². The number of hydrogen-bond acceptors (Lipinski definition) is 3. The Morgan fingerprint density at radius 1 is 1.03 bits per heavy atom. The van der Waals surface area contributed by atoms with Gasteiger partial charge in [0.2, 0.25) is 0 Å². The summed E-state index contributed by atoms with van der Waals surface area (Å²) in [6.45, 7) is 0.247. The summed E-state index contributed by atoms with van der Waals surface area (Å²) in [5, 5.41) is 1.21. The third-order valence-corrected chi connectivity index (χ3v) is 6.80. The molecular formula is C25H22N2O3. The number of allylic oxidation sites excluding steroid dienone is 1. The first-order chi connectivity index (χ1) is 14.7. The molecule has 3 atom stereocenters. The third-order valence-electron chi connectivity index (χ3n) is 6.80. The van der Waals surface area contributed by atoms with Crippen LogP contribution in [0.3, 0.4) is 0 Å². The van der Waals surface area contributed by atoms with Gasteiger partial charge in [-0.15, -0.1) is 0 Å². The summed E-state index contributed by atoms with van der Waals surface area (Å²) in [6.07, 6.45) is 3.50. The Kier molecular flexibility index (Phi) is 3.85. The van der Waals surface area contributed by atoms with Crippen LogP contribution in [0.4, 0.5) is 4.79 Å². The number of amides is 1. The molecule has 2 aliphatic heterocycles. The van der Waals surface area contributed by atoms with Crippen LogP contribution in [-0.2, 0) is 22.6 Å². The van der Waals surface area contributed by atoms with Crippen LogP contribution in [0.1, 0.15) is 35.7 Å². The van der Waals surface area contributed by atoms with Gasteiger partial charge in [0.1, 0.15) is 6.61 Å². The van der Waals surface area contributed by atoms with Crippen LogP contribution in [0.5, 0.6) is 0 Å². The zero-order valence-corrected chi connectivity index (χ0v) is 16.5. The monoisotopic (exact) mass is 398 g/mol. The van der Waals surface area contributed by atoms with E-state index < -0.39 is 0 Å². The van der Waals surface area contributed by atoms with Crippen LogP contribution in [0.15, 0.2) is 66.2 Å². The summed E-state index contributed by atoms with van der Waals surface area (Å²) < 4.78 is 5.73. The predicted octanol–water partition coefficient (Wildman–Crippen LogP) is 4.69. The molecule has 1 aliphatic carbocycles. The quantitative estimate of drug-likeness (QED) is 0.681. The summed E-state index contributed by atoms with van der Waals surface area (Å²) in [7, 11) is 0. The molecule has 3 aliphatic rings. The molecule has 3 aromatic rings. The number of ketones is 1. The number of carbonyl (C=O) groups excluding carboxylic acids is 2. The molecule has 1 saturated heterocycles. The van der Waals surface area contributed by atoms with E-state index in [1.165, 1.54) is 10.9 Å². The maximum Gasteiger partial charge on any atom is 0.411 e. The molecule has 2 aromatic carbocycles. The normalized spacial score (nSPS) is 24.4. The number of carbonyl (C=O) groups is 2. The van der Waals surface area contributed by atoms with Crippen molar-refractivity contribution in [2.45, 2.75) is 38.0 Å². The van der Waals surface area contributed by atoms with Crippen molar-refractivity contribution in [3.8, 4) is 0 Å². The molecule has 30 heavy (non-hydrogen) atoms. The number of fused-ring (bicyclic) bond motifs is 8. The van der Waals surface area contributed by atoms with Crippen LogP contribution in [0.25, 0.3) is 10.9 Å². The Morgan fingerprint density at radius 3 is 2.70 bits per heavy atom. The number of aromatic nitrogens is 1. The van der Waals surface area contributed by atoms with E-state index in [4.69, 9.17) is 4.74 Å². The van der Waals surface area contributed by atoms with Crippen LogP contribution in [-0.4, -0.2) is 27.8 Å². The van der Waals surface area contributed by atoms with Crippen molar-refractivity contribution in [3.63, 3.8) is 0 Å². The lowest BCUT2D eigenvalue weighted by Gasteiger charge is -2.48. The zero-order valence-electron chi connectivity index (χ0n) is 16.5. The van der Waals surface area contributed by atoms with E-state index in [0.29, 0.717) is 12.8 Å². The van der Waals surface area contributed by atoms with Gasteiger partial charge in [-0.05, 0) is 47.6 Å². The van der Waals surface area contributed by atoms with E-state index in [-0.39, 0.29) is 36.5 Å². The van der Waals surface area contributed by atoms with Gasteiger partial charge in [-0.3, -0.25) is 9.69 Å². The Labute approximate surface area is 174 Å². The smallest absolute Gasteiger partial charge is 0.411 e. The second-order valence-corrected chi connectivity index (χ2v) is 8.49. The number of piperidine rings is 1. The highest BCUT2D eigenvalue weighted by Crippen LogP contribution is 2.50. The molecular weight excluding hydrogens is 376 g/mol. The van der Waals surface area contributed by atoms with Crippen molar-refractivity contribution in [2.75, 3.05) is 0 Å². The van der Waals surface area contributed by atoms with Gasteiger partial charge in [0, 0.05) is 23.0 Å². The van der Waals surface area contributed by atoms with Crippen LogP contribution < -0.4 is 0 Å². The highest BCUT2D eigenvalue weighted by atomic mass is 16.6. The number of H-pyrrole nitrogens is 1. The molecule has 0 radical (unpaired) electrons. The number of nitrogens with zero attached hydrogens (tertiary/aromatic N) is 1. The Hall–Kier alpha value is -3.34. The number of para-hydroxylation sites is 1. The fourth-order valence-electron chi connectivity index (χ4n) is 5.51. The van der Waals surface area contributed by atoms with Gasteiger partial charge in [-0.25, -0.2) is 4.79 Å². The van der Waals surface area contributed by atoms with Crippen molar-refractivity contribution in [2.24, 2.45) is 5.92 Å². The number of ether oxygens (including phenoxy) is 1. The molecule has 1 N–H and O–H groups in total. The maximum atomic E-state index is 13.3. The lowest BCUT2D eigenvalue weighted by atomic mass is 9.75. The van der Waals surface area contributed by atoms with Crippen LogP contribution >= 0.6 is 0 Å². The predicted molar refractivity (Wildman–Crippen MR) is 113 cm³/mol. The second-order valence-electron chi connectivity index (χ2n) is 8.49. The SMILES string of the molecule is O=C1C=C2C3Cc4c([nH]c5ccccc45)C(C[C@H]2C1)N3C(=O)OCc1ccccc1. The first-order valence-electron chi connectivity index (χ1n) is 10.5. The van der Waals surface area contributed by atoms with Crippen molar-refractivity contribution in [1.29, 1.82) is 0 Å². The first-order valence-corrected chi connectivity index (χ1v) is 10.5. The number of aromatic amines is 1. The standard InChI is InChI=1S/C25H22N2O3/c28-17-10-16-11-23-24-20(18-8-4-5-9-21(18)26-24)13-22(19(16)12-17)27(23)25(29)30-14-15-6-2-1-3-7-15/h1-9,12,16,22-23,26H,10-11,13-14H2/t16-,22?,23?/m1/s1. The number of rotatable bonds is 2. The summed E-state index contributed by atoms with van der Waals surface area (Å²) in [6, 6.07) is 17.8. The average Bonchev–Trinajstić information content (AvgIpc) is 3.32. The van der Waals surface area contributed by atoms with Gasteiger partial charge >= 0.3 is 6.09 Å². The fourth-order valence-corrected chi connectivity index (χ4v) is 5.51. The van der Waals surface area contributed by atoms with Gasteiger partial charge in [-0.1, -0.05) is 48.5 Å². The first kappa shape index (κ1) is 17.5. The third kappa shape index (κ3) is 2.61. The van der Waals surface area contributed by atoms with E-state index in [0.717, 1.165) is 28.8 Å². The summed E-state index contributed by atoms with van der Waals surface area (Å²) in [5.41, 5.74) is 5.54. The molecule has 2 bridgehead atoms. The number of hydrogen-bond donors (Lipinski definition) is 1. The van der Waals surface area contributed by atoms with Crippen molar-refractivity contribution < 1.29 is 14.3 Å². The fraction of sp³-hybridized carbons (Fsp3) is 0.280. The van der Waals surface area contributed by atoms with E-state index in [9.17, 15) is 9.59 Å². The summed E-state index contributed by atoms with van der Waals surface area (Å²) >= 11 is 0. The van der Waals surface area contributed by atoms with Gasteiger partial charge in [0.15, 0.2) is 5.78 Å². The highest BCUT2D eigenvalue weighted by Gasteiger charge is 2.50. The highest BCUT2D eigenvalue weighted by molar-refractivity contribution is 5.94. The average molecular weight is 398 g/mol. The molecule has 2 unspecified atom stereocenters. The minimum absolute atomic E-state index is 0.0949. The lowest BCUT2D eigenvalue weighted by molar-refractivity contribution is -0.114. The molecule has 3 heterocycles. The topological polar surface area (TPSA) is 62.4 Å². The zero-order chi connectivity index (χ0) is 20.2. The van der Waals surface area contributed by atoms with Gasteiger partial charge < -0.3 is 9.72 Å². The number of benzene rings is 2. The molecule has 0 saturated carbocycles. The molecule has 150 valence electrons. The molecule has 0 spiro atoms. The second kappa shape index (κ2) is 6.59. The van der Waals surface area contributed by atoms with E-state index >= 15 is 0 Å². The lowest BCUT2D eigenvalue weighted by Crippen LogP contribution is -2.52. The van der Waals surface area contributed by atoms with Gasteiger partial charge in [0.05, 0.1) is 12.1 Å². The molecule has 1 amide bonds. The summed E-state index contributed by atoms with van der Waals surface area (Å²) in [5.74, 6) is 0.402. The van der Waals surface area contributed by atoms with Gasteiger partial charge in [0.25, 0.3) is 0 Å². The summed E-state index contributed by atoms with van der Waals surface area (Å²) in [4.78, 5) is 30.9. The van der Waals surface area contributed by atoms with E-state index in [1.807, 2.05) is 47.4 Å².